The van der Waals surface area contributed by atoms with Crippen molar-refractivity contribution in [2.75, 3.05) is 13.2 Å². The Bertz CT molecular complexity index is 516. The average molecular weight is 257 g/mol. The van der Waals surface area contributed by atoms with Crippen molar-refractivity contribution in [1.29, 1.82) is 0 Å². The Morgan fingerprint density at radius 3 is 2.41 bits per heavy atom. The van der Waals surface area contributed by atoms with E-state index >= 15 is 0 Å². The van der Waals surface area contributed by atoms with E-state index < -0.39 is 16.0 Å². The summed E-state index contributed by atoms with van der Waals surface area (Å²) >= 11 is 0. The summed E-state index contributed by atoms with van der Waals surface area (Å²) in [7, 11) is -3.66. The summed E-state index contributed by atoms with van der Waals surface area (Å²) in [5.74, 6) is -1.09. The van der Waals surface area contributed by atoms with Gasteiger partial charge in [-0.3, -0.25) is 4.84 Å². The zero-order valence-corrected chi connectivity index (χ0v) is 9.68. The first kappa shape index (κ1) is 12.0. The molecule has 7 heteroatoms. The summed E-state index contributed by atoms with van der Waals surface area (Å²) in [4.78, 5) is 15.6. The zero-order valence-electron chi connectivity index (χ0n) is 8.87. The zero-order chi connectivity index (χ0) is 12.5. The second-order valence-corrected chi connectivity index (χ2v) is 5.38. The van der Waals surface area contributed by atoms with Crippen LogP contribution in [-0.2, 0) is 14.9 Å². The van der Waals surface area contributed by atoms with Crippen LogP contribution in [0.3, 0.4) is 0 Å². The number of aromatic carboxylic acids is 1. The molecule has 6 nitrogen and oxygen atoms in total. The fourth-order valence-electron chi connectivity index (χ4n) is 1.50. The second kappa shape index (κ2) is 4.44. The maximum Gasteiger partial charge on any atom is 0.335 e. The lowest BCUT2D eigenvalue weighted by atomic mass is 10.2. The number of sulfonamides is 1. The van der Waals surface area contributed by atoms with Gasteiger partial charge in [-0.25, -0.2) is 13.2 Å². The largest absolute Gasteiger partial charge is 0.478 e. The van der Waals surface area contributed by atoms with Gasteiger partial charge >= 0.3 is 5.97 Å². The highest BCUT2D eigenvalue weighted by molar-refractivity contribution is 7.89. The lowest BCUT2D eigenvalue weighted by molar-refractivity contribution is -0.0284. The maximum absolute atomic E-state index is 12.0. The number of carbonyl (C=O) groups is 1. The van der Waals surface area contributed by atoms with Gasteiger partial charge in [0, 0.05) is 6.54 Å². The molecule has 0 unspecified atom stereocenters. The molecule has 1 saturated heterocycles. The van der Waals surface area contributed by atoms with Crippen molar-refractivity contribution < 1.29 is 23.2 Å². The highest BCUT2D eigenvalue weighted by Gasteiger charge is 2.28. The number of benzene rings is 1. The van der Waals surface area contributed by atoms with E-state index in [0.717, 1.165) is 4.47 Å². The molecular formula is C10H11NO5S. The van der Waals surface area contributed by atoms with Crippen molar-refractivity contribution in [2.24, 2.45) is 0 Å². The first-order chi connectivity index (χ1) is 8.01. The minimum atomic E-state index is -3.66. The summed E-state index contributed by atoms with van der Waals surface area (Å²) < 4.78 is 24.9. The van der Waals surface area contributed by atoms with Gasteiger partial charge < -0.3 is 5.11 Å². The quantitative estimate of drug-likeness (QED) is 0.862. The Hall–Kier alpha value is -1.44. The summed E-state index contributed by atoms with van der Waals surface area (Å²) in [6, 6.07) is 5.04. The Morgan fingerprint density at radius 2 is 1.94 bits per heavy atom. The van der Waals surface area contributed by atoms with Gasteiger partial charge in [0.1, 0.15) is 0 Å². The van der Waals surface area contributed by atoms with Crippen LogP contribution < -0.4 is 0 Å². The van der Waals surface area contributed by atoms with E-state index in [1.54, 1.807) is 0 Å². The first-order valence-corrected chi connectivity index (χ1v) is 6.45. The Morgan fingerprint density at radius 1 is 1.29 bits per heavy atom. The number of hydroxylamine groups is 1. The van der Waals surface area contributed by atoms with Gasteiger partial charge in [0.15, 0.2) is 0 Å². The Kier molecular flexibility index (Phi) is 3.14. The molecule has 0 spiro atoms. The molecule has 1 aliphatic rings. The smallest absolute Gasteiger partial charge is 0.335 e. The standard InChI is InChI=1S/C10H11NO5S/c12-10(13)8-2-4-9(5-3-8)17(14,15)11-6-1-7-16-11/h2-5H,1,6-7H2,(H,12,13). The minimum absolute atomic E-state index is 0.0319. The van der Waals surface area contributed by atoms with Gasteiger partial charge in [-0.1, -0.05) is 4.47 Å². The molecule has 0 saturated carbocycles. The van der Waals surface area contributed by atoms with Crippen molar-refractivity contribution in [3.8, 4) is 0 Å². The number of hydrogen-bond acceptors (Lipinski definition) is 4. The lowest BCUT2D eigenvalue weighted by Crippen LogP contribution is -2.26. The van der Waals surface area contributed by atoms with E-state index in [9.17, 15) is 13.2 Å². The highest BCUT2D eigenvalue weighted by Crippen LogP contribution is 2.20. The molecule has 0 atom stereocenters. The van der Waals surface area contributed by atoms with E-state index in [2.05, 4.69) is 0 Å². The van der Waals surface area contributed by atoms with Crippen LogP contribution in [0, 0.1) is 0 Å². The topological polar surface area (TPSA) is 83.9 Å². The fourth-order valence-corrected chi connectivity index (χ4v) is 2.80. The molecule has 1 fully saturated rings. The predicted molar refractivity (Wildman–Crippen MR) is 57.9 cm³/mol. The molecule has 1 N–H and O–H groups in total. The third-order valence-electron chi connectivity index (χ3n) is 2.39. The first-order valence-electron chi connectivity index (χ1n) is 5.01. The van der Waals surface area contributed by atoms with E-state index in [1.165, 1.54) is 24.3 Å². The number of nitrogens with zero attached hydrogens (tertiary/aromatic N) is 1. The second-order valence-electron chi connectivity index (χ2n) is 3.55. The highest BCUT2D eigenvalue weighted by atomic mass is 32.2. The van der Waals surface area contributed by atoms with Gasteiger partial charge in [-0.15, -0.1) is 0 Å². The van der Waals surface area contributed by atoms with Crippen molar-refractivity contribution >= 4 is 16.0 Å². The number of carboxylic acids is 1. The molecule has 0 amide bonds. The summed E-state index contributed by atoms with van der Waals surface area (Å²) in [5, 5.41) is 8.71. The van der Waals surface area contributed by atoms with E-state index in [4.69, 9.17) is 9.94 Å². The van der Waals surface area contributed by atoms with Gasteiger partial charge in [0.05, 0.1) is 17.1 Å². The van der Waals surface area contributed by atoms with Crippen LogP contribution in [0.4, 0.5) is 0 Å². The molecule has 0 bridgehead atoms. The van der Waals surface area contributed by atoms with Gasteiger partial charge in [0.2, 0.25) is 0 Å². The molecule has 0 aliphatic carbocycles. The van der Waals surface area contributed by atoms with Gasteiger partial charge in [0.25, 0.3) is 10.0 Å². The van der Waals surface area contributed by atoms with Crippen LogP contribution >= 0.6 is 0 Å². The van der Waals surface area contributed by atoms with Crippen molar-refractivity contribution in [2.45, 2.75) is 11.3 Å². The molecule has 92 valence electrons. The fraction of sp³-hybridized carbons (Fsp3) is 0.300. The van der Waals surface area contributed by atoms with Crippen molar-refractivity contribution in [3.63, 3.8) is 0 Å². The van der Waals surface area contributed by atoms with E-state index in [0.29, 0.717) is 19.6 Å². The maximum atomic E-state index is 12.0. The monoisotopic (exact) mass is 257 g/mol. The number of hydrogen-bond donors (Lipinski definition) is 1. The minimum Gasteiger partial charge on any atom is -0.478 e. The van der Waals surface area contributed by atoms with Crippen LogP contribution in [0.1, 0.15) is 16.8 Å². The van der Waals surface area contributed by atoms with E-state index in [1.807, 2.05) is 0 Å². The van der Waals surface area contributed by atoms with Gasteiger partial charge in [-0.05, 0) is 30.7 Å². The van der Waals surface area contributed by atoms with Crippen LogP contribution in [-0.4, -0.2) is 37.1 Å². The molecule has 1 heterocycles. The molecule has 2 rings (SSSR count). The molecular weight excluding hydrogens is 246 g/mol. The summed E-state index contributed by atoms with van der Waals surface area (Å²) in [6.45, 7) is 0.704. The molecule has 0 radical (unpaired) electrons. The molecule has 17 heavy (non-hydrogen) atoms. The molecule has 1 aliphatic heterocycles. The number of carboxylic acid groups (broad SMARTS) is 1. The van der Waals surface area contributed by atoms with Crippen LogP contribution in [0.25, 0.3) is 0 Å². The predicted octanol–water partition coefficient (Wildman–Crippen LogP) is 0.711. The van der Waals surface area contributed by atoms with Gasteiger partial charge in [-0.2, -0.15) is 0 Å². The SMILES string of the molecule is O=C(O)c1ccc(S(=O)(=O)N2CCCO2)cc1. The van der Waals surface area contributed by atoms with E-state index in [-0.39, 0.29) is 10.5 Å². The summed E-state index contributed by atoms with van der Waals surface area (Å²) in [6.07, 6.45) is 0.659. The molecule has 0 aromatic heterocycles. The molecule has 1 aromatic carbocycles. The van der Waals surface area contributed by atoms with Crippen molar-refractivity contribution in [3.05, 3.63) is 29.8 Å². The Labute approximate surface area is 98.4 Å². The number of rotatable bonds is 3. The summed E-state index contributed by atoms with van der Waals surface area (Å²) in [5.41, 5.74) is 0.0475. The third kappa shape index (κ3) is 2.31. The van der Waals surface area contributed by atoms with Crippen LogP contribution in [0.5, 0.6) is 0 Å². The van der Waals surface area contributed by atoms with Crippen LogP contribution in [0.15, 0.2) is 29.2 Å². The third-order valence-corrected chi connectivity index (χ3v) is 4.08. The lowest BCUT2D eigenvalue weighted by Gasteiger charge is -2.14. The average Bonchev–Trinajstić information content (AvgIpc) is 2.83. The molecule has 1 aromatic rings. The van der Waals surface area contributed by atoms with Crippen LogP contribution in [0.2, 0.25) is 0 Å². The Balaban J connectivity index is 2.30. The van der Waals surface area contributed by atoms with Crippen molar-refractivity contribution in [1.82, 2.24) is 4.47 Å². The normalized spacial score (nSPS) is 17.2.